The minimum Gasteiger partial charge on any atom is -0.490 e. The minimum atomic E-state index is -0.226. The van der Waals surface area contributed by atoms with E-state index in [9.17, 15) is 9.18 Å². The molecule has 5 nitrogen and oxygen atoms in total. The highest BCUT2D eigenvalue weighted by molar-refractivity contribution is 7.98. The number of thioether (sulfide) groups is 1. The molecule has 3 aliphatic heterocycles. The van der Waals surface area contributed by atoms with Crippen LogP contribution in [0.15, 0.2) is 71.6 Å². The Bertz CT molecular complexity index is 1220. The van der Waals surface area contributed by atoms with E-state index in [0.29, 0.717) is 0 Å². The van der Waals surface area contributed by atoms with Crippen molar-refractivity contribution in [3.8, 4) is 17.2 Å². The second-order valence-corrected chi connectivity index (χ2v) is 10.3. The van der Waals surface area contributed by atoms with Crippen LogP contribution < -0.4 is 14.2 Å². The van der Waals surface area contributed by atoms with E-state index in [4.69, 9.17) is 14.2 Å². The average molecular weight is 492 g/mol. The van der Waals surface area contributed by atoms with E-state index in [-0.39, 0.29) is 36.7 Å². The zero-order valence-electron chi connectivity index (χ0n) is 19.2. The monoisotopic (exact) mass is 491 g/mol. The van der Waals surface area contributed by atoms with E-state index in [1.54, 1.807) is 17.8 Å². The Morgan fingerprint density at radius 2 is 1.74 bits per heavy atom. The third-order valence-corrected chi connectivity index (χ3v) is 8.04. The Balaban J connectivity index is 1.07. The molecule has 3 heterocycles. The maximum Gasteiger partial charge on any atom is 0.254 e. The van der Waals surface area contributed by atoms with Crippen molar-refractivity contribution in [1.82, 2.24) is 4.90 Å². The van der Waals surface area contributed by atoms with Gasteiger partial charge in [-0.15, -0.1) is 11.8 Å². The fraction of sp³-hybridized carbons (Fsp3) is 0.321. The van der Waals surface area contributed by atoms with E-state index in [0.717, 1.165) is 64.7 Å². The first-order valence-electron chi connectivity index (χ1n) is 12.0. The molecular formula is C28H26FNO4S. The zero-order chi connectivity index (χ0) is 23.8. The highest BCUT2D eigenvalue weighted by Gasteiger charge is 2.44. The number of fused-ring (bicyclic) bond motifs is 3. The number of hydrogen-bond donors (Lipinski definition) is 0. The quantitative estimate of drug-likeness (QED) is 0.392. The van der Waals surface area contributed by atoms with Gasteiger partial charge in [-0.05, 0) is 60.9 Å². The summed E-state index contributed by atoms with van der Waals surface area (Å²) in [6.45, 7) is 0.246. The largest absolute Gasteiger partial charge is 0.490 e. The summed E-state index contributed by atoms with van der Waals surface area (Å²) in [7, 11) is 0. The highest BCUT2D eigenvalue weighted by Crippen LogP contribution is 2.40. The number of carbonyl (C=O) groups is 1. The second-order valence-electron chi connectivity index (χ2n) is 9.27. The van der Waals surface area contributed by atoms with Gasteiger partial charge in [0.25, 0.3) is 5.91 Å². The van der Waals surface area contributed by atoms with Crippen LogP contribution in [0.5, 0.6) is 17.2 Å². The molecule has 0 radical (unpaired) electrons. The SMILES string of the molecule is O=C(c1ccc(CSc2cccc(F)c2)cc1)N1[C@H]2CC[C@H]1CC(Oc1ccc3c(c1)OCO3)C2. The van der Waals surface area contributed by atoms with Crippen LogP contribution in [0.4, 0.5) is 4.39 Å². The summed E-state index contributed by atoms with van der Waals surface area (Å²) in [5.74, 6) is 2.85. The van der Waals surface area contributed by atoms with E-state index in [2.05, 4.69) is 4.90 Å². The van der Waals surface area contributed by atoms with Gasteiger partial charge < -0.3 is 19.1 Å². The molecule has 6 rings (SSSR count). The predicted molar refractivity (Wildman–Crippen MR) is 132 cm³/mol. The molecule has 3 aromatic carbocycles. The number of carbonyl (C=O) groups excluding carboxylic acids is 1. The number of hydrogen-bond acceptors (Lipinski definition) is 5. The number of piperidine rings is 1. The topological polar surface area (TPSA) is 48.0 Å². The summed E-state index contributed by atoms with van der Waals surface area (Å²) in [6, 6.07) is 20.5. The Labute approximate surface area is 208 Å². The Kier molecular flexibility index (Phi) is 6.02. The van der Waals surface area contributed by atoms with Crippen molar-refractivity contribution in [2.45, 2.75) is 54.5 Å². The fourth-order valence-corrected chi connectivity index (χ4v) is 6.21. The number of nitrogens with zero attached hydrogens (tertiary/aromatic N) is 1. The van der Waals surface area contributed by atoms with E-state index < -0.39 is 0 Å². The molecular weight excluding hydrogens is 465 g/mol. The van der Waals surface area contributed by atoms with Gasteiger partial charge in [0, 0.05) is 47.2 Å². The van der Waals surface area contributed by atoms with Crippen LogP contribution in [-0.2, 0) is 5.75 Å². The van der Waals surface area contributed by atoms with Gasteiger partial charge in [-0.1, -0.05) is 18.2 Å². The lowest BCUT2D eigenvalue weighted by molar-refractivity contribution is 0.0358. The van der Waals surface area contributed by atoms with Crippen molar-refractivity contribution in [1.29, 1.82) is 0 Å². The molecule has 2 atom stereocenters. The normalized spacial score (nSPS) is 22.3. The molecule has 2 fully saturated rings. The predicted octanol–water partition coefficient (Wildman–Crippen LogP) is 6.06. The molecule has 0 aromatic heterocycles. The Hall–Kier alpha value is -3.19. The molecule has 0 N–H and O–H groups in total. The molecule has 7 heteroatoms. The minimum absolute atomic E-state index is 0.0825. The summed E-state index contributed by atoms with van der Waals surface area (Å²) < 4.78 is 30.5. The first-order valence-corrected chi connectivity index (χ1v) is 13.0. The summed E-state index contributed by atoms with van der Waals surface area (Å²) >= 11 is 1.58. The molecule has 0 aliphatic carbocycles. The van der Waals surface area contributed by atoms with Crippen LogP contribution >= 0.6 is 11.8 Å². The third-order valence-electron chi connectivity index (χ3n) is 6.97. The van der Waals surface area contributed by atoms with Gasteiger partial charge in [-0.3, -0.25) is 4.79 Å². The van der Waals surface area contributed by atoms with Crippen LogP contribution in [-0.4, -0.2) is 35.8 Å². The maximum absolute atomic E-state index is 13.4. The summed E-state index contributed by atoms with van der Waals surface area (Å²) in [6.07, 6.45) is 3.77. The van der Waals surface area contributed by atoms with Crippen LogP contribution in [0.25, 0.3) is 0 Å². The lowest BCUT2D eigenvalue weighted by Gasteiger charge is -2.39. The summed E-state index contributed by atoms with van der Waals surface area (Å²) in [5.41, 5.74) is 1.83. The fourth-order valence-electron chi connectivity index (χ4n) is 5.31. The average Bonchev–Trinajstić information content (AvgIpc) is 3.44. The summed E-state index contributed by atoms with van der Waals surface area (Å²) in [5, 5.41) is 0. The van der Waals surface area contributed by atoms with Crippen molar-refractivity contribution in [2.75, 3.05) is 6.79 Å². The zero-order valence-corrected chi connectivity index (χ0v) is 20.0. The Morgan fingerprint density at radius 1 is 0.971 bits per heavy atom. The molecule has 0 unspecified atom stereocenters. The number of amides is 1. The van der Waals surface area contributed by atoms with Gasteiger partial charge >= 0.3 is 0 Å². The van der Waals surface area contributed by atoms with Gasteiger partial charge in [0.2, 0.25) is 6.79 Å². The van der Waals surface area contributed by atoms with Gasteiger partial charge in [0.1, 0.15) is 17.7 Å². The highest BCUT2D eigenvalue weighted by atomic mass is 32.2. The molecule has 35 heavy (non-hydrogen) atoms. The van der Waals surface area contributed by atoms with Crippen LogP contribution in [0.3, 0.4) is 0 Å². The van der Waals surface area contributed by atoms with Gasteiger partial charge in [0.15, 0.2) is 11.5 Å². The molecule has 0 spiro atoms. The smallest absolute Gasteiger partial charge is 0.254 e. The molecule has 3 aromatic rings. The number of benzene rings is 3. The summed E-state index contributed by atoms with van der Waals surface area (Å²) in [4.78, 5) is 16.4. The first kappa shape index (κ1) is 22.3. The van der Waals surface area contributed by atoms with Crippen LogP contribution in [0.1, 0.15) is 41.6 Å². The van der Waals surface area contributed by atoms with Crippen molar-refractivity contribution in [3.05, 3.63) is 83.7 Å². The maximum atomic E-state index is 13.4. The first-order chi connectivity index (χ1) is 17.1. The molecule has 1 amide bonds. The standard InChI is InChI=1S/C28H26FNO4S/c29-20-2-1-3-25(12-20)35-16-18-4-6-19(7-5-18)28(31)30-21-8-9-22(30)14-24(13-21)34-23-10-11-26-27(15-23)33-17-32-26/h1-7,10-12,15,21-22,24H,8-9,13-14,16-17H2/t21-,22-/m0/s1. The molecule has 2 saturated heterocycles. The second kappa shape index (κ2) is 9.46. The molecule has 180 valence electrons. The lowest BCUT2D eigenvalue weighted by atomic mass is 9.98. The van der Waals surface area contributed by atoms with Gasteiger partial charge in [-0.25, -0.2) is 4.39 Å². The van der Waals surface area contributed by atoms with E-state index >= 15 is 0 Å². The van der Waals surface area contributed by atoms with Crippen molar-refractivity contribution in [3.63, 3.8) is 0 Å². The van der Waals surface area contributed by atoms with Crippen molar-refractivity contribution < 1.29 is 23.4 Å². The van der Waals surface area contributed by atoms with Crippen molar-refractivity contribution in [2.24, 2.45) is 0 Å². The lowest BCUT2D eigenvalue weighted by Crippen LogP contribution is -2.49. The van der Waals surface area contributed by atoms with Gasteiger partial charge in [-0.2, -0.15) is 0 Å². The number of rotatable bonds is 6. The van der Waals surface area contributed by atoms with Crippen LogP contribution in [0, 0.1) is 5.82 Å². The molecule has 3 aliphatic rings. The molecule has 0 saturated carbocycles. The van der Waals surface area contributed by atoms with Gasteiger partial charge in [0.05, 0.1) is 0 Å². The van der Waals surface area contributed by atoms with Crippen LogP contribution in [0.2, 0.25) is 0 Å². The Morgan fingerprint density at radius 3 is 2.51 bits per heavy atom. The van der Waals surface area contributed by atoms with E-state index in [1.807, 2.05) is 48.5 Å². The third kappa shape index (κ3) is 4.69. The number of ether oxygens (including phenoxy) is 3. The number of halogens is 1. The molecule has 2 bridgehead atoms. The van der Waals surface area contributed by atoms with Crippen molar-refractivity contribution >= 4 is 17.7 Å². The van der Waals surface area contributed by atoms with E-state index in [1.165, 1.54) is 12.1 Å².